The Balaban J connectivity index is 2.05. The summed E-state index contributed by atoms with van der Waals surface area (Å²) in [6, 6.07) is 0.140. The number of carbonyl (C=O) groups excluding carboxylic acids is 4. The summed E-state index contributed by atoms with van der Waals surface area (Å²) >= 11 is 0. The lowest BCUT2D eigenvalue weighted by molar-refractivity contribution is -0.120. The van der Waals surface area contributed by atoms with E-state index in [4.69, 9.17) is 19.9 Å². The standard InChI is InChI=1S/C31H43N3O8/c1-16-12-21-26(33-20-10-11-20)23(35)15-22(28(21)37)34-30(38)17(2)8-7-9-24(40-5)29(42-31(32)39)19(4)14-18(3)27(36)25(13-16)41-6/h7-9,14-16,18,20,24-25,27,29,33,36H,10-13H2,1-6H3,(H2,32,39)(H,34,38)/b9-7+,17-8-,19-14+. The van der Waals surface area contributed by atoms with Gasteiger partial charge in [0.15, 0.2) is 6.10 Å². The van der Waals surface area contributed by atoms with E-state index >= 15 is 0 Å². The lowest BCUT2D eigenvalue weighted by Crippen LogP contribution is -2.38. The van der Waals surface area contributed by atoms with E-state index in [1.165, 1.54) is 20.3 Å². The molecule has 1 heterocycles. The van der Waals surface area contributed by atoms with Crippen molar-refractivity contribution in [3.63, 3.8) is 0 Å². The normalized spacial score (nSPS) is 33.5. The van der Waals surface area contributed by atoms with Gasteiger partial charge >= 0.3 is 6.09 Å². The number of fused-ring (bicyclic) bond motifs is 2. The minimum absolute atomic E-state index is 0.0929. The molecule has 5 N–H and O–H groups in total. The second-order valence-corrected chi connectivity index (χ2v) is 11.3. The predicted octanol–water partition coefficient (Wildman–Crippen LogP) is 2.51. The zero-order chi connectivity index (χ0) is 31.1. The number of amides is 2. The number of ether oxygens (including phenoxy) is 3. The van der Waals surface area contributed by atoms with Gasteiger partial charge in [0.1, 0.15) is 6.10 Å². The molecule has 0 saturated heterocycles. The first-order valence-corrected chi connectivity index (χ1v) is 14.2. The molecule has 42 heavy (non-hydrogen) atoms. The van der Waals surface area contributed by atoms with Crippen molar-refractivity contribution < 1.29 is 38.5 Å². The minimum atomic E-state index is -0.993. The quantitative estimate of drug-likeness (QED) is 0.280. The van der Waals surface area contributed by atoms with Crippen LogP contribution in [0.25, 0.3) is 0 Å². The number of primary amides is 1. The Morgan fingerprint density at radius 1 is 1.12 bits per heavy atom. The van der Waals surface area contributed by atoms with Crippen LogP contribution in [0.3, 0.4) is 0 Å². The molecule has 1 aliphatic heterocycles. The molecule has 1 saturated carbocycles. The van der Waals surface area contributed by atoms with Gasteiger partial charge in [-0.1, -0.05) is 38.2 Å². The van der Waals surface area contributed by atoms with Crippen molar-refractivity contribution in [1.29, 1.82) is 0 Å². The van der Waals surface area contributed by atoms with Crippen molar-refractivity contribution in [2.75, 3.05) is 14.2 Å². The van der Waals surface area contributed by atoms with E-state index in [9.17, 15) is 24.3 Å². The first-order chi connectivity index (χ1) is 19.9. The zero-order valence-corrected chi connectivity index (χ0v) is 25.1. The van der Waals surface area contributed by atoms with E-state index < -0.39 is 48.1 Å². The van der Waals surface area contributed by atoms with Crippen LogP contribution in [0, 0.1) is 11.8 Å². The molecule has 2 amide bonds. The Morgan fingerprint density at radius 2 is 1.81 bits per heavy atom. The van der Waals surface area contributed by atoms with E-state index in [0.717, 1.165) is 18.9 Å². The number of nitrogens with one attached hydrogen (secondary N) is 2. The fraction of sp³-hybridized carbons (Fsp3) is 0.548. The van der Waals surface area contributed by atoms with Gasteiger partial charge in [0.2, 0.25) is 11.6 Å². The molecular weight excluding hydrogens is 542 g/mol. The maximum Gasteiger partial charge on any atom is 0.405 e. The van der Waals surface area contributed by atoms with Crippen LogP contribution in [0.5, 0.6) is 0 Å². The molecule has 6 unspecified atom stereocenters. The Morgan fingerprint density at radius 3 is 2.40 bits per heavy atom. The summed E-state index contributed by atoms with van der Waals surface area (Å²) < 4.78 is 16.6. The minimum Gasteiger partial charge on any atom is -0.439 e. The molecule has 2 aliphatic carbocycles. The summed E-state index contributed by atoms with van der Waals surface area (Å²) in [4.78, 5) is 51.5. The fourth-order valence-electron chi connectivity index (χ4n) is 5.17. The van der Waals surface area contributed by atoms with Crippen molar-refractivity contribution in [1.82, 2.24) is 10.6 Å². The van der Waals surface area contributed by atoms with E-state index in [1.807, 2.05) is 13.8 Å². The van der Waals surface area contributed by atoms with Gasteiger partial charge < -0.3 is 35.7 Å². The average molecular weight is 586 g/mol. The summed E-state index contributed by atoms with van der Waals surface area (Å²) in [5.74, 6) is -1.94. The van der Waals surface area contributed by atoms with Crippen LogP contribution >= 0.6 is 0 Å². The molecule has 11 heteroatoms. The number of Topliss-reactive ketones (excluding diaryl/α,β-unsaturated/α-hetero) is 1. The van der Waals surface area contributed by atoms with Crippen LogP contribution in [0.2, 0.25) is 0 Å². The molecule has 0 aromatic carbocycles. The number of nitrogens with two attached hydrogens (primary N) is 1. The molecular formula is C31H43N3O8. The number of hydrogen-bond donors (Lipinski definition) is 4. The van der Waals surface area contributed by atoms with Gasteiger partial charge in [-0.05, 0) is 51.0 Å². The first kappa shape index (κ1) is 33.0. The van der Waals surface area contributed by atoms with Crippen molar-refractivity contribution in [2.45, 2.75) is 83.8 Å². The van der Waals surface area contributed by atoms with Gasteiger partial charge in [0.25, 0.3) is 5.91 Å². The van der Waals surface area contributed by atoms with Gasteiger partial charge in [0, 0.05) is 43.4 Å². The summed E-state index contributed by atoms with van der Waals surface area (Å²) in [5, 5.41) is 17.0. The maximum absolute atomic E-state index is 13.6. The van der Waals surface area contributed by atoms with Gasteiger partial charge in [0.05, 0.1) is 23.6 Å². The van der Waals surface area contributed by atoms with Crippen LogP contribution in [-0.2, 0) is 28.6 Å². The Kier molecular flexibility index (Phi) is 11.4. The third-order valence-electron chi connectivity index (χ3n) is 7.72. The van der Waals surface area contributed by atoms with Gasteiger partial charge in [-0.25, -0.2) is 4.79 Å². The van der Waals surface area contributed by atoms with Gasteiger partial charge in [-0.15, -0.1) is 0 Å². The lowest BCUT2D eigenvalue weighted by Gasteiger charge is -2.30. The average Bonchev–Trinajstić information content (AvgIpc) is 3.76. The largest absolute Gasteiger partial charge is 0.439 e. The number of hydrogen-bond acceptors (Lipinski definition) is 9. The topological polar surface area (TPSA) is 166 Å². The van der Waals surface area contributed by atoms with E-state index in [-0.39, 0.29) is 41.1 Å². The highest BCUT2D eigenvalue weighted by atomic mass is 16.6. The SMILES string of the molecule is COC1/C=C/C=C(/C)C(=O)NC2=CC(=O)C(NC3CC3)=C(CC(C)CC(OC)C(O)C(C)/C=C(\C)C1OC(N)=O)C2=O. The van der Waals surface area contributed by atoms with E-state index in [0.29, 0.717) is 17.6 Å². The summed E-state index contributed by atoms with van der Waals surface area (Å²) in [5.41, 5.74) is 6.69. The molecule has 3 aliphatic rings. The van der Waals surface area contributed by atoms with E-state index in [1.54, 1.807) is 32.1 Å². The number of ketones is 2. The number of allylic oxidation sites excluding steroid dienone is 4. The van der Waals surface area contributed by atoms with Crippen molar-refractivity contribution >= 4 is 23.6 Å². The Labute approximate surface area is 246 Å². The Bertz CT molecular complexity index is 1230. The van der Waals surface area contributed by atoms with Crippen molar-refractivity contribution in [3.05, 3.63) is 58.5 Å². The summed E-state index contributed by atoms with van der Waals surface area (Å²) in [6.45, 7) is 7.04. The molecule has 0 spiro atoms. The number of aliphatic hydroxyl groups is 1. The monoisotopic (exact) mass is 585 g/mol. The van der Waals surface area contributed by atoms with Crippen LogP contribution in [0.1, 0.15) is 53.4 Å². The second-order valence-electron chi connectivity index (χ2n) is 11.3. The van der Waals surface area contributed by atoms with Crippen LogP contribution in [0.15, 0.2) is 58.5 Å². The third kappa shape index (κ3) is 8.50. The maximum atomic E-state index is 13.6. The number of carbonyl (C=O) groups is 4. The molecule has 230 valence electrons. The number of aliphatic hydroxyl groups excluding tert-OH is 1. The van der Waals surface area contributed by atoms with Crippen LogP contribution < -0.4 is 16.4 Å². The third-order valence-corrected chi connectivity index (χ3v) is 7.72. The summed E-state index contributed by atoms with van der Waals surface area (Å²) in [6.07, 6.45) is 5.85. The molecule has 2 bridgehead atoms. The van der Waals surface area contributed by atoms with Crippen LogP contribution in [-0.4, -0.2) is 73.4 Å². The highest BCUT2D eigenvalue weighted by Crippen LogP contribution is 2.30. The summed E-state index contributed by atoms with van der Waals surface area (Å²) in [7, 11) is 2.94. The highest BCUT2D eigenvalue weighted by Gasteiger charge is 2.35. The number of rotatable bonds is 5. The van der Waals surface area contributed by atoms with Gasteiger partial charge in [-0.2, -0.15) is 0 Å². The van der Waals surface area contributed by atoms with Crippen molar-refractivity contribution in [2.24, 2.45) is 17.6 Å². The predicted molar refractivity (Wildman–Crippen MR) is 156 cm³/mol. The molecule has 0 aromatic heterocycles. The zero-order valence-electron chi connectivity index (χ0n) is 25.1. The smallest absolute Gasteiger partial charge is 0.405 e. The molecule has 6 atom stereocenters. The Hall–Kier alpha value is -3.54. The van der Waals surface area contributed by atoms with Crippen molar-refractivity contribution in [3.8, 4) is 0 Å². The highest BCUT2D eigenvalue weighted by molar-refractivity contribution is 6.23. The molecule has 0 radical (unpaired) electrons. The number of methoxy groups -OCH3 is 2. The molecule has 11 nitrogen and oxygen atoms in total. The van der Waals surface area contributed by atoms with E-state index in [2.05, 4.69) is 10.6 Å². The lowest BCUT2D eigenvalue weighted by atomic mass is 9.85. The van der Waals surface area contributed by atoms with Crippen LogP contribution in [0.4, 0.5) is 4.79 Å². The second kappa shape index (κ2) is 14.6. The first-order valence-electron chi connectivity index (χ1n) is 14.2. The molecule has 1 fully saturated rings. The molecule has 3 rings (SSSR count). The molecule has 0 aromatic rings. The van der Waals surface area contributed by atoms with Gasteiger partial charge in [-0.3, -0.25) is 14.4 Å². The fourth-order valence-corrected chi connectivity index (χ4v) is 5.17.